The van der Waals surface area contributed by atoms with Crippen molar-refractivity contribution >= 4 is 40.9 Å². The quantitative estimate of drug-likeness (QED) is 0.463. The van der Waals surface area contributed by atoms with E-state index in [1.54, 1.807) is 12.1 Å². The van der Waals surface area contributed by atoms with Crippen LogP contribution >= 0.6 is 23.2 Å². The number of benzene rings is 1. The summed E-state index contributed by atoms with van der Waals surface area (Å²) in [6.07, 6.45) is 3.02. The molecule has 1 amide bonds. The fourth-order valence-corrected chi connectivity index (χ4v) is 4.29. The van der Waals surface area contributed by atoms with Crippen molar-refractivity contribution in [1.82, 2.24) is 25.3 Å². The van der Waals surface area contributed by atoms with E-state index in [0.29, 0.717) is 22.2 Å². The lowest BCUT2D eigenvalue weighted by molar-refractivity contribution is -0.137. The fourth-order valence-electron chi connectivity index (χ4n) is 3.75. The summed E-state index contributed by atoms with van der Waals surface area (Å²) < 4.78 is 0. The van der Waals surface area contributed by atoms with Gasteiger partial charge in [0.1, 0.15) is 5.82 Å². The highest BCUT2D eigenvalue weighted by Crippen LogP contribution is 2.26. The summed E-state index contributed by atoms with van der Waals surface area (Å²) in [6.45, 7) is 3.21. The highest BCUT2D eigenvalue weighted by Gasteiger charge is 2.22. The molecular formula is C22H22Cl2N6O3. The molecule has 172 valence electrons. The van der Waals surface area contributed by atoms with Crippen LogP contribution in [0.2, 0.25) is 10.0 Å². The van der Waals surface area contributed by atoms with Crippen LogP contribution < -0.4 is 10.6 Å². The molecule has 1 aromatic carbocycles. The number of carbonyl (C=O) groups excluding carboxylic acids is 1. The Hall–Kier alpha value is -3.17. The first-order valence-corrected chi connectivity index (χ1v) is 11.2. The first kappa shape index (κ1) is 23.0. The lowest BCUT2D eigenvalue weighted by Crippen LogP contribution is -2.30. The lowest BCUT2D eigenvalue weighted by Gasteiger charge is -2.19. The topological polar surface area (TPSA) is 122 Å². The van der Waals surface area contributed by atoms with Gasteiger partial charge in [-0.05, 0) is 60.7 Å². The minimum Gasteiger partial charge on any atom is -0.481 e. The molecule has 1 aliphatic rings. The zero-order chi connectivity index (χ0) is 23.5. The maximum atomic E-state index is 12.8. The van der Waals surface area contributed by atoms with E-state index in [9.17, 15) is 14.7 Å². The van der Waals surface area contributed by atoms with Gasteiger partial charge in [0.15, 0.2) is 5.69 Å². The van der Waals surface area contributed by atoms with Crippen LogP contribution in [0, 0.1) is 6.92 Å². The zero-order valence-electron chi connectivity index (χ0n) is 17.8. The Morgan fingerprint density at radius 3 is 2.73 bits per heavy atom. The summed E-state index contributed by atoms with van der Waals surface area (Å²) in [6, 6.07) is 5.93. The Balaban J connectivity index is 1.50. The zero-order valence-corrected chi connectivity index (χ0v) is 19.3. The van der Waals surface area contributed by atoms with Crippen LogP contribution in [0.1, 0.15) is 51.8 Å². The summed E-state index contributed by atoms with van der Waals surface area (Å²) >= 11 is 12.1. The molecule has 1 aliphatic heterocycles. The van der Waals surface area contributed by atoms with Crippen LogP contribution in [0.4, 0.5) is 5.82 Å². The normalized spacial score (nSPS) is 13.7. The molecule has 0 bridgehead atoms. The Bertz CT molecular complexity index is 1190. The Labute approximate surface area is 200 Å². The fraction of sp³-hybridized carbons (Fsp3) is 0.318. The molecule has 2 aromatic heterocycles. The van der Waals surface area contributed by atoms with Crippen LogP contribution in [0.25, 0.3) is 0 Å². The van der Waals surface area contributed by atoms with Crippen molar-refractivity contribution in [3.63, 3.8) is 0 Å². The van der Waals surface area contributed by atoms with Crippen molar-refractivity contribution in [2.24, 2.45) is 0 Å². The Morgan fingerprint density at radius 1 is 1.24 bits per heavy atom. The molecule has 9 nitrogen and oxygen atoms in total. The molecule has 0 saturated carbocycles. The van der Waals surface area contributed by atoms with Crippen LogP contribution in [-0.2, 0) is 17.8 Å². The van der Waals surface area contributed by atoms with Gasteiger partial charge in [0.25, 0.3) is 5.91 Å². The number of rotatable bonds is 7. The average Bonchev–Trinajstić information content (AvgIpc) is 3.21. The van der Waals surface area contributed by atoms with E-state index in [1.807, 2.05) is 6.92 Å². The molecule has 3 aromatic rings. The van der Waals surface area contributed by atoms with E-state index in [2.05, 4.69) is 31.9 Å². The molecule has 0 fully saturated rings. The first-order chi connectivity index (χ1) is 15.8. The number of hydrogen-bond donors (Lipinski definition) is 3. The third kappa shape index (κ3) is 5.61. The minimum atomic E-state index is -1.08. The van der Waals surface area contributed by atoms with Crippen LogP contribution in [0.15, 0.2) is 30.5 Å². The van der Waals surface area contributed by atoms with Gasteiger partial charge >= 0.3 is 5.97 Å². The number of hydrogen-bond acceptors (Lipinski definition) is 6. The summed E-state index contributed by atoms with van der Waals surface area (Å²) in [5, 5.41) is 24.4. The van der Waals surface area contributed by atoms with Crippen LogP contribution in [0.3, 0.4) is 0 Å². The molecule has 1 atom stereocenters. The number of amides is 1. The molecule has 0 radical (unpaired) electrons. The lowest BCUT2D eigenvalue weighted by atomic mass is 10.0. The van der Waals surface area contributed by atoms with E-state index in [4.69, 9.17) is 23.2 Å². The first-order valence-electron chi connectivity index (χ1n) is 10.4. The molecular weight excluding hydrogens is 467 g/mol. The second-order valence-electron chi connectivity index (χ2n) is 7.86. The summed E-state index contributed by atoms with van der Waals surface area (Å²) in [4.78, 5) is 30.2. The van der Waals surface area contributed by atoms with Crippen molar-refractivity contribution in [1.29, 1.82) is 0 Å². The van der Waals surface area contributed by atoms with E-state index in [0.717, 1.165) is 42.0 Å². The number of nitrogens with zero attached hydrogens (tertiary/aromatic N) is 4. The number of carboxylic acids is 1. The summed E-state index contributed by atoms with van der Waals surface area (Å²) in [7, 11) is 0. The van der Waals surface area contributed by atoms with Crippen LogP contribution in [0.5, 0.6) is 0 Å². The van der Waals surface area contributed by atoms with Crippen molar-refractivity contribution < 1.29 is 14.7 Å². The van der Waals surface area contributed by atoms with Crippen molar-refractivity contribution in [2.75, 3.05) is 11.9 Å². The highest BCUT2D eigenvalue weighted by atomic mass is 35.5. The highest BCUT2D eigenvalue weighted by molar-refractivity contribution is 6.34. The second kappa shape index (κ2) is 9.76. The number of carboxylic acid groups (broad SMARTS) is 1. The van der Waals surface area contributed by atoms with Gasteiger partial charge in [0, 0.05) is 22.3 Å². The van der Waals surface area contributed by atoms with Gasteiger partial charge < -0.3 is 15.7 Å². The van der Waals surface area contributed by atoms with E-state index < -0.39 is 17.9 Å². The van der Waals surface area contributed by atoms with Gasteiger partial charge in [-0.1, -0.05) is 23.2 Å². The third-order valence-corrected chi connectivity index (χ3v) is 5.80. The predicted molar refractivity (Wildman–Crippen MR) is 124 cm³/mol. The minimum absolute atomic E-state index is 0.0729. The Morgan fingerprint density at radius 2 is 2.00 bits per heavy atom. The number of nitrogens with one attached hydrogen (secondary N) is 2. The maximum absolute atomic E-state index is 12.8. The van der Waals surface area contributed by atoms with Crippen molar-refractivity contribution in [3.05, 3.63) is 68.6 Å². The van der Waals surface area contributed by atoms with Gasteiger partial charge in [0.05, 0.1) is 25.2 Å². The molecule has 3 N–H and O–H groups in total. The molecule has 0 saturated heterocycles. The van der Waals surface area contributed by atoms with Gasteiger partial charge in [-0.3, -0.25) is 9.59 Å². The van der Waals surface area contributed by atoms with Gasteiger partial charge in [-0.15, -0.1) is 5.10 Å². The molecule has 4 rings (SSSR count). The van der Waals surface area contributed by atoms with Crippen molar-refractivity contribution in [2.45, 2.75) is 38.8 Å². The number of fused-ring (bicyclic) bond motifs is 1. The molecule has 3 heterocycles. The molecule has 33 heavy (non-hydrogen) atoms. The number of aromatic nitrogens is 4. The molecule has 0 spiro atoms. The SMILES string of the molecule is Cc1nc2c(cc1Cn1ncc(C(=O)NC(CC(=O)O)c3cc(Cl)cc(Cl)c3)n1)CCCN2. The Kier molecular flexibility index (Phi) is 6.80. The average molecular weight is 489 g/mol. The summed E-state index contributed by atoms with van der Waals surface area (Å²) in [5.74, 6) is -0.709. The smallest absolute Gasteiger partial charge is 0.305 e. The number of anilines is 1. The monoisotopic (exact) mass is 488 g/mol. The van der Waals surface area contributed by atoms with Crippen molar-refractivity contribution in [3.8, 4) is 0 Å². The van der Waals surface area contributed by atoms with E-state index >= 15 is 0 Å². The standard InChI is InChI=1S/C22H22Cl2N6O3/c1-12-15(5-13-3-2-4-25-21(13)27-12)11-30-26-10-19(29-30)22(33)28-18(9-20(31)32)14-6-16(23)8-17(24)7-14/h5-8,10,18H,2-4,9,11H2,1H3,(H,25,27)(H,28,33)(H,31,32). The van der Waals surface area contributed by atoms with Crippen LogP contribution in [-0.4, -0.2) is 43.5 Å². The number of pyridine rings is 1. The van der Waals surface area contributed by atoms with E-state index in [-0.39, 0.29) is 12.1 Å². The summed E-state index contributed by atoms with van der Waals surface area (Å²) in [5.41, 5.74) is 3.55. The second-order valence-corrected chi connectivity index (χ2v) is 8.73. The number of aliphatic carboxylic acids is 1. The molecule has 0 aliphatic carbocycles. The largest absolute Gasteiger partial charge is 0.481 e. The number of carbonyl (C=O) groups is 2. The number of halogens is 2. The van der Waals surface area contributed by atoms with E-state index in [1.165, 1.54) is 17.1 Å². The third-order valence-electron chi connectivity index (χ3n) is 5.36. The predicted octanol–water partition coefficient (Wildman–Crippen LogP) is 3.64. The number of aryl methyl sites for hydroxylation is 2. The van der Waals surface area contributed by atoms with Gasteiger partial charge in [-0.25, -0.2) is 4.98 Å². The van der Waals surface area contributed by atoms with Gasteiger partial charge in [-0.2, -0.15) is 9.90 Å². The van der Waals surface area contributed by atoms with Gasteiger partial charge in [0.2, 0.25) is 0 Å². The molecule has 1 unspecified atom stereocenters. The molecule has 11 heteroatoms. The maximum Gasteiger partial charge on any atom is 0.305 e.